The molecule has 0 spiro atoms. The van der Waals surface area contributed by atoms with Gasteiger partial charge in [-0.1, -0.05) is 37.3 Å². The molecule has 2 N–H and O–H groups in total. The monoisotopic (exact) mass is 282 g/mol. The molecular formula is C18H22N2O. The molecule has 0 bridgehead atoms. The van der Waals surface area contributed by atoms with Crippen molar-refractivity contribution < 1.29 is 4.79 Å². The van der Waals surface area contributed by atoms with E-state index in [0.29, 0.717) is 0 Å². The van der Waals surface area contributed by atoms with E-state index in [4.69, 9.17) is 0 Å². The lowest BCUT2D eigenvalue weighted by Crippen LogP contribution is -2.42. The number of amides is 1. The van der Waals surface area contributed by atoms with Gasteiger partial charge in [0, 0.05) is 12.1 Å². The molecule has 0 radical (unpaired) electrons. The molecule has 1 aliphatic rings. The van der Waals surface area contributed by atoms with Crippen LogP contribution in [-0.4, -0.2) is 25.5 Å². The molecule has 0 saturated carbocycles. The normalized spacial score (nSPS) is 17.6. The van der Waals surface area contributed by atoms with Crippen LogP contribution in [0.25, 0.3) is 10.8 Å². The van der Waals surface area contributed by atoms with E-state index in [1.54, 1.807) is 0 Å². The minimum absolute atomic E-state index is 0.0283. The average Bonchev–Trinajstić information content (AvgIpc) is 2.53. The van der Waals surface area contributed by atoms with E-state index in [-0.39, 0.29) is 11.3 Å². The number of fused-ring (bicyclic) bond motifs is 1. The Kier molecular flexibility index (Phi) is 3.93. The Morgan fingerprint density at radius 1 is 1.14 bits per heavy atom. The van der Waals surface area contributed by atoms with E-state index in [9.17, 15) is 4.79 Å². The zero-order valence-corrected chi connectivity index (χ0v) is 12.5. The molecule has 1 amide bonds. The van der Waals surface area contributed by atoms with Crippen molar-refractivity contribution in [3.8, 4) is 0 Å². The highest BCUT2D eigenvalue weighted by atomic mass is 16.1. The SMILES string of the molecule is CC1(CNC(=O)c2ccc3ccccc3c2)CCNCC1. The van der Waals surface area contributed by atoms with Gasteiger partial charge in [-0.05, 0) is 54.3 Å². The molecule has 3 rings (SSSR count). The van der Waals surface area contributed by atoms with E-state index in [0.717, 1.165) is 43.4 Å². The number of carbonyl (C=O) groups is 1. The maximum atomic E-state index is 12.3. The van der Waals surface area contributed by atoms with Gasteiger partial charge < -0.3 is 10.6 Å². The molecular weight excluding hydrogens is 260 g/mol. The highest BCUT2D eigenvalue weighted by Crippen LogP contribution is 2.26. The summed E-state index contributed by atoms with van der Waals surface area (Å²) in [6, 6.07) is 14.0. The Balaban J connectivity index is 1.69. The predicted octanol–water partition coefficient (Wildman–Crippen LogP) is 2.96. The standard InChI is InChI=1S/C18H22N2O/c1-18(8-10-19-11-9-18)13-20-17(21)16-7-6-14-4-2-3-5-15(14)12-16/h2-7,12,19H,8-11,13H2,1H3,(H,20,21). The third-order valence-electron chi connectivity index (χ3n) is 4.50. The summed E-state index contributed by atoms with van der Waals surface area (Å²) >= 11 is 0. The molecule has 3 nitrogen and oxygen atoms in total. The fraction of sp³-hybridized carbons (Fsp3) is 0.389. The van der Waals surface area contributed by atoms with E-state index in [2.05, 4.69) is 23.6 Å². The molecule has 1 heterocycles. The highest BCUT2D eigenvalue weighted by Gasteiger charge is 2.27. The summed E-state index contributed by atoms with van der Waals surface area (Å²) in [7, 11) is 0. The lowest BCUT2D eigenvalue weighted by atomic mass is 9.81. The van der Waals surface area contributed by atoms with Crippen LogP contribution in [0, 0.1) is 5.41 Å². The third kappa shape index (κ3) is 3.24. The van der Waals surface area contributed by atoms with Gasteiger partial charge >= 0.3 is 0 Å². The lowest BCUT2D eigenvalue weighted by Gasteiger charge is -2.34. The van der Waals surface area contributed by atoms with Crippen LogP contribution in [0.15, 0.2) is 42.5 Å². The topological polar surface area (TPSA) is 41.1 Å². The van der Waals surface area contributed by atoms with Crippen molar-refractivity contribution >= 4 is 16.7 Å². The van der Waals surface area contributed by atoms with Gasteiger partial charge in [0.2, 0.25) is 0 Å². The Morgan fingerprint density at radius 2 is 1.86 bits per heavy atom. The number of carbonyl (C=O) groups excluding carboxylic acids is 1. The quantitative estimate of drug-likeness (QED) is 0.908. The average molecular weight is 282 g/mol. The van der Waals surface area contributed by atoms with Crippen molar-refractivity contribution in [2.45, 2.75) is 19.8 Å². The molecule has 3 heteroatoms. The maximum absolute atomic E-state index is 12.3. The molecule has 2 aromatic rings. The molecule has 1 aliphatic heterocycles. The smallest absolute Gasteiger partial charge is 0.251 e. The molecule has 0 aromatic heterocycles. The van der Waals surface area contributed by atoms with E-state index < -0.39 is 0 Å². The van der Waals surface area contributed by atoms with Gasteiger partial charge in [0.15, 0.2) is 0 Å². The van der Waals surface area contributed by atoms with Crippen LogP contribution in [0.3, 0.4) is 0 Å². The van der Waals surface area contributed by atoms with Crippen molar-refractivity contribution in [1.29, 1.82) is 0 Å². The Morgan fingerprint density at radius 3 is 2.62 bits per heavy atom. The minimum Gasteiger partial charge on any atom is -0.351 e. The van der Waals surface area contributed by atoms with Crippen LogP contribution in [-0.2, 0) is 0 Å². The second-order valence-electron chi connectivity index (χ2n) is 6.31. The first-order valence-electron chi connectivity index (χ1n) is 7.64. The van der Waals surface area contributed by atoms with Crippen molar-refractivity contribution in [1.82, 2.24) is 10.6 Å². The van der Waals surface area contributed by atoms with Crippen LogP contribution in [0.1, 0.15) is 30.1 Å². The van der Waals surface area contributed by atoms with E-state index in [1.165, 1.54) is 5.39 Å². The van der Waals surface area contributed by atoms with Crippen molar-refractivity contribution in [3.05, 3.63) is 48.0 Å². The van der Waals surface area contributed by atoms with Crippen LogP contribution < -0.4 is 10.6 Å². The first-order valence-corrected chi connectivity index (χ1v) is 7.64. The summed E-state index contributed by atoms with van der Waals surface area (Å²) in [4.78, 5) is 12.3. The molecule has 0 aliphatic carbocycles. The summed E-state index contributed by atoms with van der Waals surface area (Å²) in [6.45, 7) is 5.10. The number of hydrogen-bond acceptors (Lipinski definition) is 2. The first-order chi connectivity index (χ1) is 10.2. The molecule has 2 aromatic carbocycles. The summed E-state index contributed by atoms with van der Waals surface area (Å²) in [5, 5.41) is 8.75. The van der Waals surface area contributed by atoms with Crippen LogP contribution >= 0.6 is 0 Å². The number of hydrogen-bond donors (Lipinski definition) is 2. The van der Waals surface area contributed by atoms with Gasteiger partial charge in [-0.15, -0.1) is 0 Å². The van der Waals surface area contributed by atoms with Gasteiger partial charge in [0.25, 0.3) is 5.91 Å². The molecule has 0 atom stereocenters. The van der Waals surface area contributed by atoms with Crippen LogP contribution in [0.4, 0.5) is 0 Å². The molecule has 1 saturated heterocycles. The van der Waals surface area contributed by atoms with Crippen LogP contribution in [0.5, 0.6) is 0 Å². The summed E-state index contributed by atoms with van der Waals surface area (Å²) in [5.74, 6) is 0.0283. The third-order valence-corrected chi connectivity index (χ3v) is 4.50. The summed E-state index contributed by atoms with van der Waals surface area (Å²) < 4.78 is 0. The second kappa shape index (κ2) is 5.86. The maximum Gasteiger partial charge on any atom is 0.251 e. The van der Waals surface area contributed by atoms with E-state index in [1.807, 2.05) is 36.4 Å². The Hall–Kier alpha value is -1.87. The number of rotatable bonds is 3. The van der Waals surface area contributed by atoms with Crippen LogP contribution in [0.2, 0.25) is 0 Å². The van der Waals surface area contributed by atoms with E-state index >= 15 is 0 Å². The molecule has 1 fully saturated rings. The summed E-state index contributed by atoms with van der Waals surface area (Å²) in [5.41, 5.74) is 0.962. The fourth-order valence-corrected chi connectivity index (χ4v) is 2.93. The van der Waals surface area contributed by atoms with Crippen molar-refractivity contribution in [2.24, 2.45) is 5.41 Å². The fourth-order valence-electron chi connectivity index (χ4n) is 2.93. The minimum atomic E-state index is 0.0283. The molecule has 110 valence electrons. The van der Waals surface area contributed by atoms with Crippen molar-refractivity contribution in [3.63, 3.8) is 0 Å². The van der Waals surface area contributed by atoms with Gasteiger partial charge in [-0.3, -0.25) is 4.79 Å². The molecule has 0 unspecified atom stereocenters. The van der Waals surface area contributed by atoms with Crippen molar-refractivity contribution in [2.75, 3.05) is 19.6 Å². The summed E-state index contributed by atoms with van der Waals surface area (Å²) in [6.07, 6.45) is 2.23. The first kappa shape index (κ1) is 14.1. The number of benzene rings is 2. The highest BCUT2D eigenvalue weighted by molar-refractivity contribution is 5.98. The zero-order valence-electron chi connectivity index (χ0n) is 12.5. The predicted molar refractivity (Wildman–Crippen MR) is 86.5 cm³/mol. The number of piperidine rings is 1. The zero-order chi connectivity index (χ0) is 14.7. The lowest BCUT2D eigenvalue weighted by molar-refractivity contribution is 0.0922. The Bertz CT molecular complexity index is 644. The Labute approximate surface area is 125 Å². The van der Waals surface area contributed by atoms with Gasteiger partial charge in [0.1, 0.15) is 0 Å². The second-order valence-corrected chi connectivity index (χ2v) is 6.31. The molecule has 21 heavy (non-hydrogen) atoms. The van der Waals surface area contributed by atoms with Gasteiger partial charge in [-0.2, -0.15) is 0 Å². The van der Waals surface area contributed by atoms with Gasteiger partial charge in [-0.25, -0.2) is 0 Å². The number of nitrogens with one attached hydrogen (secondary N) is 2. The van der Waals surface area contributed by atoms with Gasteiger partial charge in [0.05, 0.1) is 0 Å². The largest absolute Gasteiger partial charge is 0.351 e.